The van der Waals surface area contributed by atoms with Gasteiger partial charge in [0.2, 0.25) is 0 Å². The Labute approximate surface area is 96.9 Å². The zero-order valence-electron chi connectivity index (χ0n) is 8.82. The van der Waals surface area contributed by atoms with Crippen LogP contribution >= 0.6 is 11.3 Å². The normalized spacial score (nSPS) is 11.1. The number of hydrogen-bond donors (Lipinski definition) is 2. The minimum Gasteiger partial charge on any atom is -0.382 e. The summed E-state index contributed by atoms with van der Waals surface area (Å²) in [5.74, 6) is 0.532. The number of nitrogens with zero attached hydrogens (tertiary/aromatic N) is 1. The lowest BCUT2D eigenvalue weighted by molar-refractivity contribution is 1.11. The molecule has 0 fully saturated rings. The number of aromatic amines is 1. The van der Waals surface area contributed by atoms with Crippen LogP contribution in [0.4, 0.5) is 5.82 Å². The molecule has 0 aliphatic heterocycles. The number of anilines is 1. The summed E-state index contributed by atoms with van der Waals surface area (Å²) in [5.41, 5.74) is 7.89. The summed E-state index contributed by atoms with van der Waals surface area (Å²) in [6.45, 7) is 2.13. The first-order valence-corrected chi connectivity index (χ1v) is 5.86. The highest BCUT2D eigenvalue weighted by molar-refractivity contribution is 7.22. The number of H-pyrrole nitrogens is 1. The summed E-state index contributed by atoms with van der Waals surface area (Å²) in [6.07, 6.45) is 0. The van der Waals surface area contributed by atoms with E-state index in [0.29, 0.717) is 5.82 Å². The quantitative estimate of drug-likeness (QED) is 0.673. The molecule has 3 aromatic rings. The van der Waals surface area contributed by atoms with Crippen LogP contribution in [0.25, 0.3) is 20.7 Å². The maximum atomic E-state index is 5.60. The summed E-state index contributed by atoms with van der Waals surface area (Å²) in [4.78, 5) is 1.17. The highest BCUT2D eigenvalue weighted by Crippen LogP contribution is 2.34. The number of aryl methyl sites for hydroxylation is 1. The van der Waals surface area contributed by atoms with Gasteiger partial charge in [-0.2, -0.15) is 5.10 Å². The second-order valence-electron chi connectivity index (χ2n) is 3.80. The van der Waals surface area contributed by atoms with E-state index in [4.69, 9.17) is 5.73 Å². The van der Waals surface area contributed by atoms with Crippen LogP contribution < -0.4 is 5.73 Å². The number of hydrogen-bond acceptors (Lipinski definition) is 3. The van der Waals surface area contributed by atoms with Crippen LogP contribution in [0.3, 0.4) is 0 Å². The topological polar surface area (TPSA) is 54.7 Å². The van der Waals surface area contributed by atoms with E-state index in [0.717, 1.165) is 5.69 Å². The predicted octanol–water partition coefficient (Wildman–Crippen LogP) is 3.18. The number of fused-ring (bicyclic) bond motifs is 1. The lowest BCUT2D eigenvalue weighted by Crippen LogP contribution is -1.81. The molecule has 0 atom stereocenters. The van der Waals surface area contributed by atoms with Gasteiger partial charge in [0.1, 0.15) is 5.82 Å². The van der Waals surface area contributed by atoms with Crippen LogP contribution in [0.5, 0.6) is 0 Å². The van der Waals surface area contributed by atoms with Crippen molar-refractivity contribution in [2.75, 3.05) is 5.73 Å². The van der Waals surface area contributed by atoms with Crippen LogP contribution in [0, 0.1) is 6.92 Å². The monoisotopic (exact) mass is 229 g/mol. The molecule has 0 saturated carbocycles. The van der Waals surface area contributed by atoms with Crippen LogP contribution in [-0.2, 0) is 0 Å². The van der Waals surface area contributed by atoms with E-state index in [1.54, 1.807) is 11.3 Å². The van der Waals surface area contributed by atoms with E-state index in [1.807, 2.05) is 6.07 Å². The van der Waals surface area contributed by atoms with E-state index in [2.05, 4.69) is 41.4 Å². The number of thiophene rings is 1. The molecule has 0 radical (unpaired) electrons. The first kappa shape index (κ1) is 9.42. The highest BCUT2D eigenvalue weighted by atomic mass is 32.1. The molecular weight excluding hydrogens is 218 g/mol. The number of nitrogens with one attached hydrogen (secondary N) is 1. The van der Waals surface area contributed by atoms with Crippen molar-refractivity contribution in [1.82, 2.24) is 10.2 Å². The predicted molar refractivity (Wildman–Crippen MR) is 68.6 cm³/mol. The van der Waals surface area contributed by atoms with Gasteiger partial charge in [-0.15, -0.1) is 11.3 Å². The summed E-state index contributed by atoms with van der Waals surface area (Å²) in [6, 6.07) is 10.4. The molecule has 16 heavy (non-hydrogen) atoms. The standard InChI is InChI=1S/C12H11N3S/c1-7-3-2-4-10-8(7)5-11(16-10)9-6-12(13)15-14-9/h2-6H,1H3,(H3,13,14,15). The smallest absolute Gasteiger partial charge is 0.145 e. The number of benzene rings is 1. The van der Waals surface area contributed by atoms with E-state index in [1.165, 1.54) is 20.5 Å². The van der Waals surface area contributed by atoms with Crippen LogP contribution in [0.2, 0.25) is 0 Å². The van der Waals surface area contributed by atoms with Gasteiger partial charge in [-0.3, -0.25) is 5.10 Å². The molecule has 4 heteroatoms. The molecule has 3 nitrogen and oxygen atoms in total. The molecule has 0 aliphatic carbocycles. The molecule has 0 aliphatic rings. The van der Waals surface area contributed by atoms with Crippen molar-refractivity contribution in [3.8, 4) is 10.6 Å². The van der Waals surface area contributed by atoms with E-state index in [9.17, 15) is 0 Å². The first-order valence-electron chi connectivity index (χ1n) is 5.04. The third kappa shape index (κ3) is 1.39. The van der Waals surface area contributed by atoms with Crippen LogP contribution in [0.1, 0.15) is 5.56 Å². The van der Waals surface area contributed by atoms with Gasteiger partial charge < -0.3 is 5.73 Å². The van der Waals surface area contributed by atoms with E-state index in [-0.39, 0.29) is 0 Å². The Hall–Kier alpha value is -1.81. The van der Waals surface area contributed by atoms with Gasteiger partial charge in [-0.05, 0) is 30.0 Å². The van der Waals surface area contributed by atoms with Crippen molar-refractivity contribution in [3.63, 3.8) is 0 Å². The molecule has 2 heterocycles. The molecule has 1 aromatic carbocycles. The van der Waals surface area contributed by atoms with Gasteiger partial charge in [-0.25, -0.2) is 0 Å². The zero-order chi connectivity index (χ0) is 11.1. The lowest BCUT2D eigenvalue weighted by Gasteiger charge is -1.91. The zero-order valence-corrected chi connectivity index (χ0v) is 9.64. The summed E-state index contributed by atoms with van der Waals surface area (Å²) in [7, 11) is 0. The first-order chi connectivity index (χ1) is 7.74. The second-order valence-corrected chi connectivity index (χ2v) is 4.89. The molecule has 0 unspecified atom stereocenters. The third-order valence-electron chi connectivity index (χ3n) is 2.64. The number of aromatic nitrogens is 2. The average molecular weight is 229 g/mol. The molecule has 0 saturated heterocycles. The van der Waals surface area contributed by atoms with Gasteiger partial charge in [0.25, 0.3) is 0 Å². The highest BCUT2D eigenvalue weighted by Gasteiger charge is 2.07. The number of nitrogen functional groups attached to an aromatic ring is 1. The summed E-state index contributed by atoms with van der Waals surface area (Å²) < 4.78 is 1.29. The third-order valence-corrected chi connectivity index (χ3v) is 3.78. The number of nitrogens with two attached hydrogens (primary N) is 1. The largest absolute Gasteiger partial charge is 0.382 e. The average Bonchev–Trinajstić information content (AvgIpc) is 2.84. The molecule has 0 spiro atoms. The Bertz CT molecular complexity index is 651. The molecule has 0 amide bonds. The maximum Gasteiger partial charge on any atom is 0.145 e. The fourth-order valence-corrected chi connectivity index (χ4v) is 2.91. The van der Waals surface area contributed by atoms with Crippen molar-refractivity contribution < 1.29 is 0 Å². The van der Waals surface area contributed by atoms with Gasteiger partial charge in [0, 0.05) is 10.8 Å². The van der Waals surface area contributed by atoms with Crippen molar-refractivity contribution in [2.24, 2.45) is 0 Å². The summed E-state index contributed by atoms with van der Waals surface area (Å²) in [5, 5.41) is 8.18. The Kier molecular flexibility index (Phi) is 1.97. The molecule has 80 valence electrons. The van der Waals surface area contributed by atoms with Gasteiger partial charge >= 0.3 is 0 Å². The SMILES string of the molecule is Cc1cccc2sc(-c3cc(N)n[nH]3)cc12. The minimum absolute atomic E-state index is 0.532. The van der Waals surface area contributed by atoms with Crippen molar-refractivity contribution in [1.29, 1.82) is 0 Å². The van der Waals surface area contributed by atoms with Crippen molar-refractivity contribution in [3.05, 3.63) is 35.9 Å². The van der Waals surface area contributed by atoms with Gasteiger partial charge in [0.15, 0.2) is 0 Å². The van der Waals surface area contributed by atoms with E-state index >= 15 is 0 Å². The molecule has 0 bridgehead atoms. The molecule has 3 rings (SSSR count). The molecule has 2 aromatic heterocycles. The van der Waals surface area contributed by atoms with Gasteiger partial charge in [-0.1, -0.05) is 12.1 Å². The summed E-state index contributed by atoms with van der Waals surface area (Å²) >= 11 is 1.75. The van der Waals surface area contributed by atoms with Crippen molar-refractivity contribution in [2.45, 2.75) is 6.92 Å². The Balaban J connectivity index is 2.22. The van der Waals surface area contributed by atoms with Gasteiger partial charge in [0.05, 0.1) is 10.6 Å². The Morgan fingerprint density at radius 3 is 2.88 bits per heavy atom. The Morgan fingerprint density at radius 1 is 1.31 bits per heavy atom. The fraction of sp³-hybridized carbons (Fsp3) is 0.0833. The fourth-order valence-electron chi connectivity index (χ4n) is 1.80. The molecule has 3 N–H and O–H groups in total. The minimum atomic E-state index is 0.532. The Morgan fingerprint density at radius 2 is 2.19 bits per heavy atom. The van der Waals surface area contributed by atoms with E-state index < -0.39 is 0 Å². The van der Waals surface area contributed by atoms with Crippen molar-refractivity contribution >= 4 is 27.2 Å². The lowest BCUT2D eigenvalue weighted by atomic mass is 10.1. The van der Waals surface area contributed by atoms with Crippen LogP contribution in [0.15, 0.2) is 30.3 Å². The van der Waals surface area contributed by atoms with Crippen LogP contribution in [-0.4, -0.2) is 10.2 Å². The number of rotatable bonds is 1. The maximum absolute atomic E-state index is 5.60. The second kappa shape index (κ2) is 3.35. The molecular formula is C12H11N3S.